The summed E-state index contributed by atoms with van der Waals surface area (Å²) < 4.78 is 7.42. The maximum absolute atomic E-state index is 13.2. The Balaban J connectivity index is 1.59. The van der Waals surface area contributed by atoms with Crippen LogP contribution in [0.5, 0.6) is 5.75 Å². The Hall–Kier alpha value is -2.69. The number of nitrogens with zero attached hydrogens (tertiary/aromatic N) is 1. The van der Waals surface area contributed by atoms with Crippen LogP contribution >= 0.6 is 50.1 Å². The molecule has 0 atom stereocenters. The Bertz CT molecular complexity index is 1320. The lowest BCUT2D eigenvalue weighted by atomic mass is 10.1. The number of carbonyl (C=O) groups is 3. The van der Waals surface area contributed by atoms with Gasteiger partial charge in [0.25, 0.3) is 11.8 Å². The third-order valence-corrected chi connectivity index (χ3v) is 6.97. The van der Waals surface area contributed by atoms with Gasteiger partial charge >= 0.3 is 6.03 Å². The molecule has 0 aliphatic carbocycles. The molecule has 1 saturated heterocycles. The number of aryl methyl sites for hydroxylation is 1. The number of urea groups is 1. The summed E-state index contributed by atoms with van der Waals surface area (Å²) in [7, 11) is 0. The van der Waals surface area contributed by atoms with Gasteiger partial charge in [-0.3, -0.25) is 14.9 Å². The Kier molecular flexibility index (Phi) is 7.93. The lowest BCUT2D eigenvalue weighted by molar-refractivity contribution is -0.122. The summed E-state index contributed by atoms with van der Waals surface area (Å²) in [6.45, 7) is 2.36. The van der Waals surface area contributed by atoms with Crippen LogP contribution in [-0.4, -0.2) is 17.8 Å². The van der Waals surface area contributed by atoms with Crippen molar-refractivity contribution in [3.05, 3.63) is 96.0 Å². The molecule has 35 heavy (non-hydrogen) atoms. The largest absolute Gasteiger partial charge is 0.487 e. The van der Waals surface area contributed by atoms with Gasteiger partial charge in [0.2, 0.25) is 0 Å². The van der Waals surface area contributed by atoms with Gasteiger partial charge in [0.05, 0.1) is 13.7 Å². The first-order valence-corrected chi connectivity index (χ1v) is 12.9. The molecular weight excluding hydrogens is 647 g/mol. The minimum absolute atomic E-state index is 0.137. The van der Waals surface area contributed by atoms with Gasteiger partial charge < -0.3 is 4.74 Å². The van der Waals surface area contributed by atoms with Crippen molar-refractivity contribution in [1.29, 1.82) is 0 Å². The van der Waals surface area contributed by atoms with Gasteiger partial charge in [-0.15, -0.1) is 0 Å². The highest BCUT2D eigenvalue weighted by molar-refractivity contribution is 14.1. The Labute approximate surface area is 229 Å². The summed E-state index contributed by atoms with van der Waals surface area (Å²) in [5.74, 6) is -0.789. The number of barbiturate groups is 1. The molecule has 4 amide bonds. The standard InChI is InChI=1S/C26H19BrClIN2O4/c1-2-15-5-9-19(10-6-15)31-25(33)20(24(32)30-26(31)34)11-17-12-21(27)23(22(29)13-17)35-14-16-3-7-18(28)8-4-16/h3-13H,2,14H2,1H3,(H,30,32,34)/b20-11-. The van der Waals surface area contributed by atoms with E-state index in [4.69, 9.17) is 16.3 Å². The summed E-state index contributed by atoms with van der Waals surface area (Å²) in [4.78, 5) is 39.1. The normalized spacial score (nSPS) is 14.9. The van der Waals surface area contributed by atoms with Crippen LogP contribution in [0.25, 0.3) is 6.08 Å². The zero-order chi connectivity index (χ0) is 25.1. The molecule has 0 radical (unpaired) electrons. The summed E-state index contributed by atoms with van der Waals surface area (Å²) in [5.41, 5.74) is 2.90. The second kappa shape index (κ2) is 10.9. The number of halogens is 3. The minimum Gasteiger partial charge on any atom is -0.487 e. The first-order valence-electron chi connectivity index (χ1n) is 10.6. The fraction of sp³-hybridized carbons (Fsp3) is 0.115. The smallest absolute Gasteiger partial charge is 0.335 e. The van der Waals surface area contributed by atoms with Crippen LogP contribution in [0.2, 0.25) is 5.02 Å². The van der Waals surface area contributed by atoms with Gasteiger partial charge in [0.15, 0.2) is 0 Å². The maximum Gasteiger partial charge on any atom is 0.335 e. The molecule has 1 aliphatic rings. The topological polar surface area (TPSA) is 75.7 Å². The number of amides is 4. The van der Waals surface area contributed by atoms with Crippen molar-refractivity contribution in [3.63, 3.8) is 0 Å². The van der Waals surface area contributed by atoms with E-state index in [1.807, 2.05) is 31.2 Å². The second-order valence-electron chi connectivity index (χ2n) is 7.71. The number of ether oxygens (including phenoxy) is 1. The van der Waals surface area contributed by atoms with Gasteiger partial charge in [-0.2, -0.15) is 0 Å². The molecule has 6 nitrogen and oxygen atoms in total. The first kappa shape index (κ1) is 25.4. The highest BCUT2D eigenvalue weighted by atomic mass is 127. The number of hydrogen-bond donors (Lipinski definition) is 1. The molecular formula is C26H19BrClIN2O4. The molecule has 0 bridgehead atoms. The Morgan fingerprint density at radius 1 is 1.03 bits per heavy atom. The molecule has 0 aromatic heterocycles. The van der Waals surface area contributed by atoms with Crippen molar-refractivity contribution in [3.8, 4) is 5.75 Å². The average molecular weight is 666 g/mol. The fourth-order valence-corrected chi connectivity index (χ4v) is 5.37. The number of rotatable bonds is 6. The van der Waals surface area contributed by atoms with Crippen molar-refractivity contribution in [2.24, 2.45) is 0 Å². The lowest BCUT2D eigenvalue weighted by Crippen LogP contribution is -2.54. The molecule has 178 valence electrons. The summed E-state index contributed by atoms with van der Waals surface area (Å²) in [5, 5.41) is 2.91. The van der Waals surface area contributed by atoms with E-state index >= 15 is 0 Å². The number of imide groups is 2. The molecule has 9 heteroatoms. The molecule has 4 rings (SSSR count). The van der Waals surface area contributed by atoms with Gasteiger partial charge in [0, 0.05) is 5.02 Å². The van der Waals surface area contributed by atoms with Gasteiger partial charge in [-0.25, -0.2) is 9.69 Å². The first-order chi connectivity index (χ1) is 16.8. The highest BCUT2D eigenvalue weighted by Crippen LogP contribution is 2.34. The van der Waals surface area contributed by atoms with Gasteiger partial charge in [0.1, 0.15) is 17.9 Å². The molecule has 1 N–H and O–H groups in total. The Morgan fingerprint density at radius 3 is 2.31 bits per heavy atom. The third kappa shape index (κ3) is 5.76. The van der Waals surface area contributed by atoms with Crippen molar-refractivity contribution in [2.75, 3.05) is 4.90 Å². The van der Waals surface area contributed by atoms with Crippen molar-refractivity contribution in [1.82, 2.24) is 5.32 Å². The average Bonchev–Trinajstić information content (AvgIpc) is 2.82. The van der Waals surface area contributed by atoms with Crippen LogP contribution in [0.4, 0.5) is 10.5 Å². The molecule has 1 heterocycles. The number of benzene rings is 3. The van der Waals surface area contributed by atoms with Gasteiger partial charge in [-0.05, 0) is 104 Å². The van der Waals surface area contributed by atoms with Gasteiger partial charge in [-0.1, -0.05) is 42.8 Å². The predicted molar refractivity (Wildman–Crippen MR) is 147 cm³/mol. The van der Waals surface area contributed by atoms with E-state index in [1.165, 1.54) is 6.08 Å². The zero-order valence-electron chi connectivity index (χ0n) is 18.5. The highest BCUT2D eigenvalue weighted by Gasteiger charge is 2.36. The summed E-state index contributed by atoms with van der Waals surface area (Å²) >= 11 is 11.6. The van der Waals surface area contributed by atoms with Crippen molar-refractivity contribution in [2.45, 2.75) is 20.0 Å². The number of nitrogens with one attached hydrogen (secondary N) is 1. The van der Waals surface area contributed by atoms with Crippen LogP contribution in [-0.2, 0) is 22.6 Å². The molecule has 0 unspecified atom stereocenters. The summed E-state index contributed by atoms with van der Waals surface area (Å²) in [6.07, 6.45) is 2.30. The van der Waals surface area contributed by atoms with E-state index in [9.17, 15) is 14.4 Å². The van der Waals surface area contributed by atoms with Crippen LogP contribution in [0.15, 0.2) is 70.7 Å². The number of carbonyl (C=O) groups excluding carboxylic acids is 3. The van der Waals surface area contributed by atoms with Crippen LogP contribution in [0.1, 0.15) is 23.6 Å². The monoisotopic (exact) mass is 664 g/mol. The van der Waals surface area contributed by atoms with E-state index in [1.54, 1.807) is 36.4 Å². The summed E-state index contributed by atoms with van der Waals surface area (Å²) in [6, 6.07) is 17.2. The van der Waals surface area contributed by atoms with Crippen molar-refractivity contribution < 1.29 is 19.1 Å². The zero-order valence-corrected chi connectivity index (χ0v) is 23.0. The molecule has 1 aliphatic heterocycles. The molecule has 3 aromatic rings. The number of anilines is 1. The number of hydrogen-bond acceptors (Lipinski definition) is 4. The fourth-order valence-electron chi connectivity index (χ4n) is 3.48. The van der Waals surface area contributed by atoms with E-state index in [2.05, 4.69) is 43.8 Å². The molecule has 0 spiro atoms. The van der Waals surface area contributed by atoms with E-state index in [0.29, 0.717) is 33.1 Å². The lowest BCUT2D eigenvalue weighted by Gasteiger charge is -2.26. The SMILES string of the molecule is CCc1ccc(N2C(=O)NC(=O)/C(=C/c3cc(Br)c(OCc4ccc(Cl)cc4)c(I)c3)C2=O)cc1. The van der Waals surface area contributed by atoms with E-state index < -0.39 is 17.8 Å². The molecule has 1 fully saturated rings. The maximum atomic E-state index is 13.2. The Morgan fingerprint density at radius 2 is 1.69 bits per heavy atom. The van der Waals surface area contributed by atoms with Crippen molar-refractivity contribution >= 4 is 79.7 Å². The third-order valence-electron chi connectivity index (χ3n) is 5.33. The van der Waals surface area contributed by atoms with Crippen LogP contribution in [0, 0.1) is 3.57 Å². The quantitative estimate of drug-likeness (QED) is 0.185. The van der Waals surface area contributed by atoms with Crippen LogP contribution < -0.4 is 15.0 Å². The molecule has 3 aromatic carbocycles. The van der Waals surface area contributed by atoms with Crippen LogP contribution in [0.3, 0.4) is 0 Å². The second-order valence-corrected chi connectivity index (χ2v) is 10.2. The minimum atomic E-state index is -0.775. The van der Waals surface area contributed by atoms with E-state index in [0.717, 1.165) is 26.0 Å². The van der Waals surface area contributed by atoms with E-state index in [-0.39, 0.29) is 5.57 Å². The molecule has 0 saturated carbocycles. The predicted octanol–water partition coefficient (Wildman–Crippen LogP) is 6.51.